The minimum atomic E-state index is -0.951. The molecular formula is C16H17NO4. The first-order valence-corrected chi connectivity index (χ1v) is 6.50. The summed E-state index contributed by atoms with van der Waals surface area (Å²) in [5, 5.41) is 8.92. The van der Waals surface area contributed by atoms with Crippen LogP contribution in [0.3, 0.4) is 0 Å². The van der Waals surface area contributed by atoms with Gasteiger partial charge in [-0.15, -0.1) is 0 Å². The maximum Gasteiger partial charge on any atom is 0.309 e. The molecule has 0 fully saturated rings. The van der Waals surface area contributed by atoms with Gasteiger partial charge in [-0.2, -0.15) is 0 Å². The van der Waals surface area contributed by atoms with E-state index in [-0.39, 0.29) is 12.2 Å². The van der Waals surface area contributed by atoms with Crippen molar-refractivity contribution in [2.75, 3.05) is 7.11 Å². The maximum atomic E-state index is 12.7. The molecule has 1 N–H and O–H groups in total. The highest BCUT2D eigenvalue weighted by molar-refractivity contribution is 6.10. The van der Waals surface area contributed by atoms with Crippen molar-refractivity contribution in [3.63, 3.8) is 0 Å². The maximum absolute atomic E-state index is 12.7. The lowest BCUT2D eigenvalue weighted by molar-refractivity contribution is -0.136. The molecule has 1 aromatic carbocycles. The van der Waals surface area contributed by atoms with Crippen LogP contribution < -0.4 is 4.74 Å². The van der Waals surface area contributed by atoms with E-state index in [0.29, 0.717) is 22.7 Å². The Bertz CT molecular complexity index is 700. The fraction of sp³-hybridized carbons (Fsp3) is 0.250. The van der Waals surface area contributed by atoms with E-state index >= 15 is 0 Å². The molecule has 0 amide bonds. The average molecular weight is 287 g/mol. The molecule has 0 radical (unpaired) electrons. The van der Waals surface area contributed by atoms with E-state index in [2.05, 4.69) is 0 Å². The van der Waals surface area contributed by atoms with Gasteiger partial charge in [0.15, 0.2) is 0 Å². The van der Waals surface area contributed by atoms with Gasteiger partial charge in [-0.1, -0.05) is 24.3 Å². The zero-order valence-corrected chi connectivity index (χ0v) is 12.2. The molecule has 5 heteroatoms. The second-order valence-corrected chi connectivity index (χ2v) is 4.83. The Kier molecular flexibility index (Phi) is 4.12. The van der Waals surface area contributed by atoms with Crippen LogP contribution in [0.4, 0.5) is 0 Å². The average Bonchev–Trinajstić information content (AvgIpc) is 2.74. The highest BCUT2D eigenvalue weighted by Gasteiger charge is 2.23. The molecule has 0 saturated carbocycles. The summed E-state index contributed by atoms with van der Waals surface area (Å²) in [4.78, 5) is 23.6. The van der Waals surface area contributed by atoms with Crippen LogP contribution in [-0.4, -0.2) is 28.5 Å². The molecule has 21 heavy (non-hydrogen) atoms. The monoisotopic (exact) mass is 287 g/mol. The van der Waals surface area contributed by atoms with E-state index < -0.39 is 5.97 Å². The van der Waals surface area contributed by atoms with Crippen molar-refractivity contribution in [1.82, 2.24) is 4.57 Å². The van der Waals surface area contributed by atoms with Gasteiger partial charge >= 0.3 is 5.97 Å². The highest BCUT2D eigenvalue weighted by atomic mass is 16.5. The van der Waals surface area contributed by atoms with Gasteiger partial charge in [0.2, 0.25) is 5.78 Å². The Morgan fingerprint density at radius 1 is 1.29 bits per heavy atom. The summed E-state index contributed by atoms with van der Waals surface area (Å²) in [6.45, 7) is 1.86. The molecule has 0 spiro atoms. The van der Waals surface area contributed by atoms with Crippen LogP contribution in [0.1, 0.15) is 27.3 Å². The van der Waals surface area contributed by atoms with Crippen LogP contribution in [-0.2, 0) is 18.3 Å². The number of benzene rings is 1. The topological polar surface area (TPSA) is 68.5 Å². The van der Waals surface area contributed by atoms with E-state index in [9.17, 15) is 9.59 Å². The van der Waals surface area contributed by atoms with Gasteiger partial charge < -0.3 is 14.4 Å². The molecule has 5 nitrogen and oxygen atoms in total. The minimum Gasteiger partial charge on any atom is -0.494 e. The predicted octanol–water partition coefficient (Wildman–Crippen LogP) is 2.20. The summed E-state index contributed by atoms with van der Waals surface area (Å²) >= 11 is 0. The van der Waals surface area contributed by atoms with Crippen LogP contribution in [0.15, 0.2) is 30.3 Å². The Balaban J connectivity index is 2.53. The number of hydrogen-bond acceptors (Lipinski definition) is 3. The zero-order chi connectivity index (χ0) is 15.6. The molecule has 110 valence electrons. The number of carbonyl (C=O) groups excluding carboxylic acids is 1. The Hall–Kier alpha value is -2.56. The fourth-order valence-corrected chi connectivity index (χ4v) is 2.33. The normalized spacial score (nSPS) is 10.4. The Labute approximate surface area is 122 Å². The van der Waals surface area contributed by atoms with Crippen LogP contribution in [0.2, 0.25) is 0 Å². The summed E-state index contributed by atoms with van der Waals surface area (Å²) in [5.74, 6) is -0.737. The first kappa shape index (κ1) is 14.8. The van der Waals surface area contributed by atoms with Crippen molar-refractivity contribution < 1.29 is 19.4 Å². The predicted molar refractivity (Wildman–Crippen MR) is 77.9 cm³/mol. The molecule has 0 aliphatic heterocycles. The van der Waals surface area contributed by atoms with Crippen molar-refractivity contribution in [2.24, 2.45) is 7.05 Å². The quantitative estimate of drug-likeness (QED) is 0.856. The fourth-order valence-electron chi connectivity index (χ4n) is 2.33. The number of aliphatic carboxylic acids is 1. The lowest BCUT2D eigenvalue weighted by Crippen LogP contribution is -2.13. The van der Waals surface area contributed by atoms with E-state index in [4.69, 9.17) is 9.84 Å². The van der Waals surface area contributed by atoms with Crippen molar-refractivity contribution in [3.8, 4) is 5.75 Å². The van der Waals surface area contributed by atoms with Gasteiger partial charge in [-0.05, 0) is 12.5 Å². The number of nitrogens with zero attached hydrogens (tertiary/aromatic N) is 1. The molecular weight excluding hydrogens is 270 g/mol. The first-order valence-electron chi connectivity index (χ1n) is 6.50. The number of carbonyl (C=O) groups is 2. The summed E-state index contributed by atoms with van der Waals surface area (Å²) in [6.07, 6.45) is -0.159. The summed E-state index contributed by atoms with van der Waals surface area (Å²) in [7, 11) is 3.14. The summed E-state index contributed by atoms with van der Waals surface area (Å²) < 4.78 is 6.82. The lowest BCUT2D eigenvalue weighted by atomic mass is 10.0. The van der Waals surface area contributed by atoms with Crippen molar-refractivity contribution in [3.05, 3.63) is 52.8 Å². The number of ketones is 1. The lowest BCUT2D eigenvalue weighted by Gasteiger charge is -2.09. The molecule has 0 bridgehead atoms. The van der Waals surface area contributed by atoms with Gasteiger partial charge in [0.1, 0.15) is 11.4 Å². The minimum absolute atomic E-state index is 0.159. The van der Waals surface area contributed by atoms with E-state index in [1.54, 1.807) is 29.8 Å². The van der Waals surface area contributed by atoms with Crippen LogP contribution in [0.5, 0.6) is 5.75 Å². The van der Waals surface area contributed by atoms with Gasteiger partial charge in [0, 0.05) is 24.4 Å². The Morgan fingerprint density at radius 3 is 2.52 bits per heavy atom. The molecule has 2 aromatic rings. The second-order valence-electron chi connectivity index (χ2n) is 4.83. The number of rotatable bonds is 5. The molecule has 0 unspecified atom stereocenters. The highest BCUT2D eigenvalue weighted by Crippen LogP contribution is 2.26. The summed E-state index contributed by atoms with van der Waals surface area (Å²) in [5.41, 5.74) is 2.34. The smallest absolute Gasteiger partial charge is 0.309 e. The van der Waals surface area contributed by atoms with Crippen molar-refractivity contribution in [1.29, 1.82) is 0 Å². The number of carboxylic acids is 1. The van der Waals surface area contributed by atoms with E-state index in [0.717, 1.165) is 5.56 Å². The van der Waals surface area contributed by atoms with E-state index in [1.807, 2.05) is 19.1 Å². The molecule has 1 aromatic heterocycles. The molecule has 1 heterocycles. The second kappa shape index (κ2) is 5.83. The molecule has 0 atom stereocenters. The standard InChI is InChI=1S/C16H17NO4/c1-10-6-4-5-7-12(10)16(20)15-13(21-3)8-11(17(15)2)9-14(18)19/h4-8H,9H2,1-3H3,(H,18,19). The third kappa shape index (κ3) is 2.81. The van der Waals surface area contributed by atoms with Crippen LogP contribution >= 0.6 is 0 Å². The number of hydrogen-bond donors (Lipinski definition) is 1. The number of aryl methyl sites for hydroxylation is 1. The van der Waals surface area contributed by atoms with Gasteiger partial charge in [-0.3, -0.25) is 9.59 Å². The largest absolute Gasteiger partial charge is 0.494 e. The number of aromatic nitrogens is 1. The molecule has 2 rings (SSSR count). The van der Waals surface area contributed by atoms with Gasteiger partial charge in [0.25, 0.3) is 0 Å². The van der Waals surface area contributed by atoms with Crippen LogP contribution in [0, 0.1) is 6.92 Å². The molecule has 0 aliphatic carbocycles. The number of methoxy groups -OCH3 is 1. The third-order valence-electron chi connectivity index (χ3n) is 3.45. The SMILES string of the molecule is COc1cc(CC(=O)O)n(C)c1C(=O)c1ccccc1C. The van der Waals surface area contributed by atoms with Crippen LogP contribution in [0.25, 0.3) is 0 Å². The first-order chi connectivity index (χ1) is 9.95. The molecule has 0 saturated heterocycles. The van der Waals surface area contributed by atoms with Crippen molar-refractivity contribution in [2.45, 2.75) is 13.3 Å². The molecule has 0 aliphatic rings. The van der Waals surface area contributed by atoms with Crippen molar-refractivity contribution >= 4 is 11.8 Å². The summed E-state index contributed by atoms with van der Waals surface area (Å²) in [6, 6.07) is 8.87. The van der Waals surface area contributed by atoms with Gasteiger partial charge in [-0.25, -0.2) is 0 Å². The Morgan fingerprint density at radius 2 is 1.95 bits per heavy atom. The number of ether oxygens (including phenoxy) is 1. The third-order valence-corrected chi connectivity index (χ3v) is 3.45. The number of carboxylic acid groups (broad SMARTS) is 1. The van der Waals surface area contributed by atoms with Gasteiger partial charge in [0.05, 0.1) is 13.5 Å². The van der Waals surface area contributed by atoms with E-state index in [1.165, 1.54) is 7.11 Å². The zero-order valence-electron chi connectivity index (χ0n) is 12.2.